The summed E-state index contributed by atoms with van der Waals surface area (Å²) in [5.74, 6) is -0.150. The molecule has 26 heavy (non-hydrogen) atoms. The maximum Gasteiger partial charge on any atom is 0.226 e. The molecule has 0 saturated heterocycles. The second-order valence-corrected chi connectivity index (χ2v) is 6.69. The minimum Gasteiger partial charge on any atom is -0.326 e. The summed E-state index contributed by atoms with van der Waals surface area (Å²) in [4.78, 5) is 27.6. The molecule has 0 saturated carbocycles. The van der Waals surface area contributed by atoms with Gasteiger partial charge in [0.2, 0.25) is 11.8 Å². The van der Waals surface area contributed by atoms with Gasteiger partial charge in [0.25, 0.3) is 0 Å². The van der Waals surface area contributed by atoms with Crippen LogP contribution in [0.5, 0.6) is 0 Å². The summed E-state index contributed by atoms with van der Waals surface area (Å²) in [7, 11) is 0. The molecule has 3 aromatic rings. The molecule has 132 valence electrons. The standard InChI is InChI=1S/C20H19N3O2S/c1-14(24)21-17-10-8-16(9-11-17)18-13-26-20(22-18)23-19(25)12-7-15-5-3-2-4-6-15/h2-6,8-11,13H,7,12H2,1H3,(H,21,24)(H,22,23,25). The molecule has 0 radical (unpaired) electrons. The van der Waals surface area contributed by atoms with Gasteiger partial charge in [0, 0.05) is 30.0 Å². The number of benzene rings is 2. The number of carbonyl (C=O) groups excluding carboxylic acids is 2. The van der Waals surface area contributed by atoms with E-state index in [1.165, 1.54) is 18.3 Å². The first-order valence-corrected chi connectivity index (χ1v) is 9.15. The smallest absolute Gasteiger partial charge is 0.226 e. The van der Waals surface area contributed by atoms with E-state index in [1.54, 1.807) is 0 Å². The number of nitrogens with one attached hydrogen (secondary N) is 2. The van der Waals surface area contributed by atoms with Crippen LogP contribution in [-0.2, 0) is 16.0 Å². The third kappa shape index (κ3) is 5.00. The van der Waals surface area contributed by atoms with Crippen molar-refractivity contribution >= 4 is 34.0 Å². The second kappa shape index (κ2) is 8.40. The Morgan fingerprint density at radius 1 is 1.00 bits per heavy atom. The Balaban J connectivity index is 1.57. The third-order valence-corrected chi connectivity index (χ3v) is 4.49. The zero-order valence-corrected chi connectivity index (χ0v) is 15.2. The zero-order chi connectivity index (χ0) is 18.4. The number of amides is 2. The summed E-state index contributed by atoms with van der Waals surface area (Å²) in [5, 5.41) is 8.07. The molecule has 2 aromatic carbocycles. The summed E-state index contributed by atoms with van der Waals surface area (Å²) < 4.78 is 0. The molecule has 0 unspecified atom stereocenters. The van der Waals surface area contributed by atoms with Crippen LogP contribution in [0.2, 0.25) is 0 Å². The van der Waals surface area contributed by atoms with E-state index < -0.39 is 0 Å². The maximum atomic E-state index is 12.1. The van der Waals surface area contributed by atoms with Crippen molar-refractivity contribution in [2.75, 3.05) is 10.6 Å². The molecule has 0 spiro atoms. The van der Waals surface area contributed by atoms with Gasteiger partial charge in [-0.15, -0.1) is 11.3 Å². The molecular formula is C20H19N3O2S. The molecule has 0 aliphatic heterocycles. The van der Waals surface area contributed by atoms with Crippen molar-refractivity contribution < 1.29 is 9.59 Å². The van der Waals surface area contributed by atoms with Gasteiger partial charge < -0.3 is 10.6 Å². The Bertz CT molecular complexity index is 889. The first-order chi connectivity index (χ1) is 12.6. The minimum absolute atomic E-state index is 0.0456. The predicted octanol–water partition coefficient (Wildman–Crippen LogP) is 4.34. The molecule has 0 fully saturated rings. The number of hydrogen-bond donors (Lipinski definition) is 2. The van der Waals surface area contributed by atoms with Crippen LogP contribution in [0.1, 0.15) is 18.9 Å². The normalized spacial score (nSPS) is 10.3. The average Bonchev–Trinajstić information content (AvgIpc) is 3.09. The van der Waals surface area contributed by atoms with Crippen LogP contribution in [0.25, 0.3) is 11.3 Å². The van der Waals surface area contributed by atoms with Crippen molar-refractivity contribution in [1.82, 2.24) is 4.98 Å². The Hall–Kier alpha value is -2.99. The van der Waals surface area contributed by atoms with Crippen LogP contribution >= 0.6 is 11.3 Å². The van der Waals surface area contributed by atoms with Gasteiger partial charge in [-0.1, -0.05) is 42.5 Å². The molecule has 3 rings (SSSR count). The van der Waals surface area contributed by atoms with Crippen molar-refractivity contribution in [1.29, 1.82) is 0 Å². The minimum atomic E-state index is -0.105. The fraction of sp³-hybridized carbons (Fsp3) is 0.150. The molecule has 1 heterocycles. The first-order valence-electron chi connectivity index (χ1n) is 8.27. The van der Waals surface area contributed by atoms with Crippen molar-refractivity contribution in [3.63, 3.8) is 0 Å². The Kier molecular flexibility index (Phi) is 5.76. The zero-order valence-electron chi connectivity index (χ0n) is 14.4. The van der Waals surface area contributed by atoms with Crippen LogP contribution in [-0.4, -0.2) is 16.8 Å². The van der Waals surface area contributed by atoms with Crippen molar-refractivity contribution in [2.24, 2.45) is 0 Å². The van der Waals surface area contributed by atoms with Gasteiger partial charge in [-0.3, -0.25) is 9.59 Å². The average molecular weight is 365 g/mol. The monoisotopic (exact) mass is 365 g/mol. The second-order valence-electron chi connectivity index (χ2n) is 5.83. The summed E-state index contributed by atoms with van der Waals surface area (Å²) >= 11 is 1.40. The number of aromatic nitrogens is 1. The molecular weight excluding hydrogens is 346 g/mol. The quantitative estimate of drug-likeness (QED) is 0.683. The lowest BCUT2D eigenvalue weighted by Crippen LogP contribution is -2.12. The molecule has 6 heteroatoms. The van der Waals surface area contributed by atoms with Crippen LogP contribution < -0.4 is 10.6 Å². The number of nitrogens with zero attached hydrogens (tertiary/aromatic N) is 1. The van der Waals surface area contributed by atoms with Crippen molar-refractivity contribution in [3.05, 3.63) is 65.5 Å². The lowest BCUT2D eigenvalue weighted by molar-refractivity contribution is -0.116. The van der Waals surface area contributed by atoms with E-state index in [9.17, 15) is 9.59 Å². The van der Waals surface area contributed by atoms with Crippen LogP contribution in [0, 0.1) is 0 Å². The van der Waals surface area contributed by atoms with Gasteiger partial charge in [-0.25, -0.2) is 4.98 Å². The van der Waals surface area contributed by atoms with Gasteiger partial charge >= 0.3 is 0 Å². The van der Waals surface area contributed by atoms with Gasteiger partial charge in [0.15, 0.2) is 5.13 Å². The van der Waals surface area contributed by atoms with E-state index in [4.69, 9.17) is 0 Å². The summed E-state index contributed by atoms with van der Waals surface area (Å²) in [5.41, 5.74) is 3.61. The van der Waals surface area contributed by atoms with E-state index >= 15 is 0 Å². The van der Waals surface area contributed by atoms with Gasteiger partial charge in [-0.2, -0.15) is 0 Å². The number of rotatable bonds is 6. The number of anilines is 2. The van der Waals surface area contributed by atoms with Gasteiger partial charge in [-0.05, 0) is 24.1 Å². The third-order valence-electron chi connectivity index (χ3n) is 3.74. The maximum absolute atomic E-state index is 12.1. The van der Waals surface area contributed by atoms with Crippen molar-refractivity contribution in [3.8, 4) is 11.3 Å². The number of hydrogen-bond acceptors (Lipinski definition) is 4. The highest BCUT2D eigenvalue weighted by atomic mass is 32.1. The number of aryl methyl sites for hydroxylation is 1. The fourth-order valence-corrected chi connectivity index (χ4v) is 3.21. The van der Waals surface area contributed by atoms with Crippen molar-refractivity contribution in [2.45, 2.75) is 19.8 Å². The lowest BCUT2D eigenvalue weighted by Gasteiger charge is -2.03. The summed E-state index contributed by atoms with van der Waals surface area (Å²) in [6.45, 7) is 1.47. The van der Waals surface area contributed by atoms with Crippen LogP contribution in [0.15, 0.2) is 60.0 Å². The SMILES string of the molecule is CC(=O)Nc1ccc(-c2csc(NC(=O)CCc3ccccc3)n2)cc1. The molecule has 0 aliphatic carbocycles. The van der Waals surface area contributed by atoms with E-state index in [1.807, 2.05) is 60.0 Å². The molecule has 0 bridgehead atoms. The van der Waals surface area contributed by atoms with E-state index in [-0.39, 0.29) is 11.8 Å². The Labute approximate surface area is 156 Å². The van der Waals surface area contributed by atoms with E-state index in [2.05, 4.69) is 15.6 Å². The van der Waals surface area contributed by atoms with E-state index in [0.29, 0.717) is 18.0 Å². The highest BCUT2D eigenvalue weighted by Crippen LogP contribution is 2.26. The molecule has 1 aromatic heterocycles. The molecule has 2 amide bonds. The molecule has 5 nitrogen and oxygen atoms in total. The first kappa shape index (κ1) is 17.8. The highest BCUT2D eigenvalue weighted by molar-refractivity contribution is 7.14. The molecule has 0 aliphatic rings. The molecule has 0 atom stereocenters. The largest absolute Gasteiger partial charge is 0.326 e. The summed E-state index contributed by atoms with van der Waals surface area (Å²) in [6, 6.07) is 17.4. The van der Waals surface area contributed by atoms with Crippen LogP contribution in [0.3, 0.4) is 0 Å². The topological polar surface area (TPSA) is 71.1 Å². The van der Waals surface area contributed by atoms with Gasteiger partial charge in [0.05, 0.1) is 5.69 Å². The fourth-order valence-electron chi connectivity index (χ4n) is 2.48. The predicted molar refractivity (Wildman–Crippen MR) is 105 cm³/mol. The van der Waals surface area contributed by atoms with Gasteiger partial charge in [0.1, 0.15) is 0 Å². The highest BCUT2D eigenvalue weighted by Gasteiger charge is 2.08. The molecule has 2 N–H and O–H groups in total. The Morgan fingerprint density at radius 2 is 1.73 bits per heavy atom. The Morgan fingerprint density at radius 3 is 2.42 bits per heavy atom. The van der Waals surface area contributed by atoms with Crippen LogP contribution in [0.4, 0.5) is 10.8 Å². The van der Waals surface area contributed by atoms with E-state index in [0.717, 1.165) is 22.5 Å². The lowest BCUT2D eigenvalue weighted by atomic mass is 10.1. The summed E-state index contributed by atoms with van der Waals surface area (Å²) in [6.07, 6.45) is 1.12. The number of thiazole rings is 1. The number of carbonyl (C=O) groups is 2.